The van der Waals surface area contributed by atoms with Gasteiger partial charge >= 0.3 is 0 Å². The quantitative estimate of drug-likeness (QED) is 0.626. The van der Waals surface area contributed by atoms with Crippen LogP contribution in [-0.2, 0) is 11.2 Å². The van der Waals surface area contributed by atoms with Gasteiger partial charge in [-0.15, -0.1) is 11.3 Å². The van der Waals surface area contributed by atoms with Crippen LogP contribution in [0.5, 0.6) is 0 Å². The average molecular weight is 238 g/mol. The van der Waals surface area contributed by atoms with E-state index < -0.39 is 0 Å². The van der Waals surface area contributed by atoms with E-state index in [1.165, 1.54) is 9.75 Å². The van der Waals surface area contributed by atoms with Crippen LogP contribution in [-0.4, -0.2) is 6.61 Å². The zero-order chi connectivity index (χ0) is 11.4. The molecule has 1 atom stereocenters. The zero-order valence-corrected chi connectivity index (χ0v) is 10.3. The summed E-state index contributed by atoms with van der Waals surface area (Å²) >= 11 is 1.80. The topological polar surface area (TPSA) is 47.3 Å². The van der Waals surface area contributed by atoms with Crippen LogP contribution in [0.4, 0.5) is 0 Å². The highest BCUT2D eigenvalue weighted by atomic mass is 32.1. The molecule has 1 aliphatic heterocycles. The maximum atomic E-state index is 5.65. The second-order valence-corrected chi connectivity index (χ2v) is 5.05. The van der Waals surface area contributed by atoms with E-state index in [4.69, 9.17) is 10.6 Å². The number of nitrogens with one attached hydrogen (secondary N) is 1. The smallest absolute Gasteiger partial charge is 0.116 e. The van der Waals surface area contributed by atoms with E-state index in [1.54, 1.807) is 11.3 Å². The van der Waals surface area contributed by atoms with Crippen LogP contribution in [0.3, 0.4) is 0 Å². The predicted octanol–water partition coefficient (Wildman–Crippen LogP) is 2.51. The summed E-state index contributed by atoms with van der Waals surface area (Å²) in [6.45, 7) is 2.97. The standard InChI is InChI=1S/C12H18N2OS/c1-2-9-6-7-11(16-9)12(14-13)10-5-3-4-8-15-10/h5-7,12,14H,2-4,8,13H2,1H3. The lowest BCUT2D eigenvalue weighted by Crippen LogP contribution is -2.30. The highest BCUT2D eigenvalue weighted by Gasteiger charge is 2.20. The molecule has 1 aromatic rings. The van der Waals surface area contributed by atoms with Crippen LogP contribution in [0.25, 0.3) is 0 Å². The Bertz CT molecular complexity index is 373. The lowest BCUT2D eigenvalue weighted by molar-refractivity contribution is 0.168. The highest BCUT2D eigenvalue weighted by Crippen LogP contribution is 2.30. The number of hydrogen-bond donors (Lipinski definition) is 2. The molecule has 0 aromatic carbocycles. The largest absolute Gasteiger partial charge is 0.496 e. The van der Waals surface area contributed by atoms with Crippen molar-refractivity contribution >= 4 is 11.3 Å². The Balaban J connectivity index is 2.17. The summed E-state index contributed by atoms with van der Waals surface area (Å²) in [5, 5.41) is 0. The fraction of sp³-hybridized carbons (Fsp3) is 0.500. The van der Waals surface area contributed by atoms with Gasteiger partial charge in [-0.2, -0.15) is 0 Å². The van der Waals surface area contributed by atoms with Gasteiger partial charge in [0.15, 0.2) is 0 Å². The van der Waals surface area contributed by atoms with Gasteiger partial charge in [-0.1, -0.05) is 6.92 Å². The summed E-state index contributed by atoms with van der Waals surface area (Å²) in [5.74, 6) is 6.59. The maximum absolute atomic E-state index is 5.65. The third-order valence-electron chi connectivity index (χ3n) is 2.73. The van der Waals surface area contributed by atoms with Crippen molar-refractivity contribution < 1.29 is 4.74 Å². The van der Waals surface area contributed by atoms with Crippen molar-refractivity contribution in [1.29, 1.82) is 0 Å². The van der Waals surface area contributed by atoms with Gasteiger partial charge in [-0.05, 0) is 37.5 Å². The first-order valence-electron chi connectivity index (χ1n) is 5.72. The molecular formula is C12H18N2OS. The Hall–Kier alpha value is -0.840. The summed E-state index contributed by atoms with van der Waals surface area (Å²) in [6, 6.07) is 4.31. The molecule has 2 heterocycles. The molecule has 0 radical (unpaired) electrons. The normalized spacial score (nSPS) is 17.8. The third-order valence-corrected chi connectivity index (χ3v) is 4.02. The Morgan fingerprint density at radius 2 is 2.44 bits per heavy atom. The molecule has 1 unspecified atom stereocenters. The number of rotatable bonds is 4. The molecule has 0 bridgehead atoms. The van der Waals surface area contributed by atoms with Crippen molar-refractivity contribution in [1.82, 2.24) is 5.43 Å². The number of hydrazine groups is 1. The van der Waals surface area contributed by atoms with E-state index in [9.17, 15) is 0 Å². The second kappa shape index (κ2) is 5.48. The van der Waals surface area contributed by atoms with Crippen molar-refractivity contribution in [3.63, 3.8) is 0 Å². The van der Waals surface area contributed by atoms with Crippen molar-refractivity contribution in [2.24, 2.45) is 5.84 Å². The summed E-state index contributed by atoms with van der Waals surface area (Å²) in [4.78, 5) is 2.61. The van der Waals surface area contributed by atoms with Crippen molar-refractivity contribution in [2.45, 2.75) is 32.2 Å². The van der Waals surface area contributed by atoms with Gasteiger partial charge in [0, 0.05) is 9.75 Å². The SMILES string of the molecule is CCc1ccc(C(NN)C2=CCCCO2)s1. The fourth-order valence-electron chi connectivity index (χ4n) is 1.82. The first kappa shape index (κ1) is 11.6. The van der Waals surface area contributed by atoms with Crippen LogP contribution >= 0.6 is 11.3 Å². The average Bonchev–Trinajstić information content (AvgIpc) is 2.80. The summed E-state index contributed by atoms with van der Waals surface area (Å²) in [6.07, 6.45) is 5.40. The molecule has 88 valence electrons. The number of aryl methyl sites for hydroxylation is 1. The highest BCUT2D eigenvalue weighted by molar-refractivity contribution is 7.12. The number of nitrogens with two attached hydrogens (primary N) is 1. The zero-order valence-electron chi connectivity index (χ0n) is 9.53. The van der Waals surface area contributed by atoms with E-state index >= 15 is 0 Å². The third kappa shape index (κ3) is 2.45. The number of ether oxygens (including phenoxy) is 1. The molecular weight excluding hydrogens is 220 g/mol. The molecule has 4 heteroatoms. The number of thiophene rings is 1. The monoisotopic (exact) mass is 238 g/mol. The molecule has 0 fully saturated rings. The lowest BCUT2D eigenvalue weighted by Gasteiger charge is -2.22. The van der Waals surface area contributed by atoms with Gasteiger partial charge in [0.05, 0.1) is 6.61 Å². The van der Waals surface area contributed by atoms with E-state index in [-0.39, 0.29) is 6.04 Å². The molecule has 2 rings (SSSR count). The van der Waals surface area contributed by atoms with Crippen LogP contribution in [0.2, 0.25) is 0 Å². The Kier molecular flexibility index (Phi) is 3.98. The summed E-state index contributed by atoms with van der Waals surface area (Å²) < 4.78 is 5.65. The van der Waals surface area contributed by atoms with Crippen molar-refractivity contribution in [3.05, 3.63) is 33.7 Å². The molecule has 0 amide bonds. The molecule has 1 aliphatic rings. The van der Waals surface area contributed by atoms with Crippen molar-refractivity contribution in [3.8, 4) is 0 Å². The first-order chi connectivity index (χ1) is 7.85. The van der Waals surface area contributed by atoms with E-state index in [2.05, 4.69) is 30.6 Å². The predicted molar refractivity (Wildman–Crippen MR) is 67.0 cm³/mol. The van der Waals surface area contributed by atoms with E-state index in [0.29, 0.717) is 0 Å². The number of allylic oxidation sites excluding steroid dienone is 1. The van der Waals surface area contributed by atoms with Crippen LogP contribution in [0.1, 0.15) is 35.6 Å². The van der Waals surface area contributed by atoms with Gasteiger partial charge in [-0.25, -0.2) is 5.43 Å². The van der Waals surface area contributed by atoms with E-state index in [0.717, 1.165) is 31.6 Å². The molecule has 0 aliphatic carbocycles. The first-order valence-corrected chi connectivity index (χ1v) is 6.54. The Morgan fingerprint density at radius 1 is 1.56 bits per heavy atom. The Morgan fingerprint density at radius 3 is 3.00 bits per heavy atom. The van der Waals surface area contributed by atoms with E-state index in [1.807, 2.05) is 0 Å². The fourth-order valence-corrected chi connectivity index (χ4v) is 2.84. The lowest BCUT2D eigenvalue weighted by atomic mass is 10.1. The Labute approximate surface area is 100 Å². The minimum absolute atomic E-state index is 0.0191. The molecule has 3 nitrogen and oxygen atoms in total. The maximum Gasteiger partial charge on any atom is 0.116 e. The molecule has 16 heavy (non-hydrogen) atoms. The second-order valence-electron chi connectivity index (χ2n) is 3.85. The molecule has 0 spiro atoms. The van der Waals surface area contributed by atoms with Gasteiger partial charge in [0.25, 0.3) is 0 Å². The van der Waals surface area contributed by atoms with Gasteiger partial charge in [0.2, 0.25) is 0 Å². The van der Waals surface area contributed by atoms with Gasteiger partial charge < -0.3 is 4.74 Å². The van der Waals surface area contributed by atoms with Crippen LogP contribution in [0.15, 0.2) is 24.0 Å². The van der Waals surface area contributed by atoms with Gasteiger partial charge in [-0.3, -0.25) is 5.84 Å². The summed E-state index contributed by atoms with van der Waals surface area (Å²) in [5.41, 5.74) is 2.84. The molecule has 1 aromatic heterocycles. The molecule has 0 saturated heterocycles. The number of hydrogen-bond acceptors (Lipinski definition) is 4. The minimum Gasteiger partial charge on any atom is -0.496 e. The van der Waals surface area contributed by atoms with Crippen LogP contribution in [0, 0.1) is 0 Å². The summed E-state index contributed by atoms with van der Waals surface area (Å²) in [7, 11) is 0. The van der Waals surface area contributed by atoms with Crippen LogP contribution < -0.4 is 11.3 Å². The minimum atomic E-state index is 0.0191. The van der Waals surface area contributed by atoms with Gasteiger partial charge in [0.1, 0.15) is 11.8 Å². The molecule has 0 saturated carbocycles. The molecule has 3 N–H and O–H groups in total. The van der Waals surface area contributed by atoms with Crippen molar-refractivity contribution in [2.75, 3.05) is 6.61 Å².